The summed E-state index contributed by atoms with van der Waals surface area (Å²) < 4.78 is 0. The van der Waals surface area contributed by atoms with Gasteiger partial charge in [-0.2, -0.15) is 0 Å². The number of aliphatic carboxylic acids is 1. The molecule has 2 N–H and O–H groups in total. The number of aliphatic hydroxyl groups excluding tert-OH is 1. The molecule has 5 heteroatoms. The van der Waals surface area contributed by atoms with Crippen LogP contribution < -0.4 is 0 Å². The van der Waals surface area contributed by atoms with Crippen molar-refractivity contribution < 1.29 is 41.2 Å². The van der Waals surface area contributed by atoms with Gasteiger partial charge in [-0.1, -0.05) is 6.58 Å². The minimum Gasteiger partial charge on any atom is -0.478 e. The molecule has 0 saturated carbocycles. The second-order valence-electron chi connectivity index (χ2n) is 2.98. The van der Waals surface area contributed by atoms with Gasteiger partial charge in [-0.05, 0) is 35.0 Å². The van der Waals surface area contributed by atoms with E-state index in [1.54, 1.807) is 13.8 Å². The van der Waals surface area contributed by atoms with Crippen molar-refractivity contribution in [3.8, 4) is 0 Å². The van der Waals surface area contributed by atoms with Gasteiger partial charge in [0.15, 0.2) is 0 Å². The van der Waals surface area contributed by atoms with Gasteiger partial charge in [-0.15, -0.1) is 0 Å². The standard InChI is InChI=1S/C3H9N.C3H4O2.C3H8O.Zr/c1-4(2)3;1-2-3(4)5;1-3(2)4;/h1-3H3;2H,1H2,(H,4,5);3-4H,1-2H3;. The van der Waals surface area contributed by atoms with Crippen molar-refractivity contribution in [1.29, 1.82) is 0 Å². The van der Waals surface area contributed by atoms with E-state index in [1.165, 1.54) is 0 Å². The molecule has 0 aliphatic rings. The Balaban J connectivity index is -0.0000000522. The van der Waals surface area contributed by atoms with Gasteiger partial charge in [0.1, 0.15) is 0 Å². The normalized spacial score (nSPS) is 7.43. The van der Waals surface area contributed by atoms with Crippen molar-refractivity contribution >= 4 is 5.97 Å². The topological polar surface area (TPSA) is 60.8 Å². The molecule has 0 aliphatic heterocycles. The summed E-state index contributed by atoms with van der Waals surface area (Å²) in [6.07, 6.45) is 0.667. The third-order valence-corrected chi connectivity index (χ3v) is 0.175. The van der Waals surface area contributed by atoms with Crippen molar-refractivity contribution in [3.63, 3.8) is 0 Å². The van der Waals surface area contributed by atoms with E-state index < -0.39 is 5.97 Å². The maximum atomic E-state index is 9.25. The summed E-state index contributed by atoms with van der Waals surface area (Å²) in [4.78, 5) is 11.2. The fourth-order valence-corrected chi connectivity index (χ4v) is 0. The third kappa shape index (κ3) is 360. The van der Waals surface area contributed by atoms with Crippen molar-refractivity contribution in [1.82, 2.24) is 4.90 Å². The zero-order valence-electron chi connectivity index (χ0n) is 9.61. The van der Waals surface area contributed by atoms with E-state index in [9.17, 15) is 4.79 Å². The van der Waals surface area contributed by atoms with Crippen LogP contribution in [0.2, 0.25) is 0 Å². The number of carboxylic acid groups (broad SMARTS) is 1. The van der Waals surface area contributed by atoms with Gasteiger partial charge < -0.3 is 15.1 Å². The van der Waals surface area contributed by atoms with E-state index in [2.05, 4.69) is 6.58 Å². The van der Waals surface area contributed by atoms with Gasteiger partial charge in [-0.3, -0.25) is 0 Å². The number of hydrogen-bond donors (Lipinski definition) is 2. The van der Waals surface area contributed by atoms with Crippen LogP contribution in [0.1, 0.15) is 13.8 Å². The first-order valence-corrected chi connectivity index (χ1v) is 3.88. The fourth-order valence-electron chi connectivity index (χ4n) is 0. The molecule has 0 radical (unpaired) electrons. The average Bonchev–Trinajstić information content (AvgIpc) is 1.84. The number of nitrogens with zero attached hydrogens (tertiary/aromatic N) is 1. The first kappa shape index (κ1) is 23.7. The van der Waals surface area contributed by atoms with Crippen LogP contribution in [-0.4, -0.2) is 48.3 Å². The summed E-state index contributed by atoms with van der Waals surface area (Å²) in [6, 6.07) is 0. The average molecular weight is 282 g/mol. The van der Waals surface area contributed by atoms with Crippen LogP contribution in [0.4, 0.5) is 0 Å². The monoisotopic (exact) mass is 281 g/mol. The number of carbonyl (C=O) groups is 1. The second kappa shape index (κ2) is 18.7. The molecule has 84 valence electrons. The SMILES string of the molecule is C=CC(=O)O.CC(C)O.CN(C)C.[Zr]. The Hall–Kier alpha value is 0.0131. The summed E-state index contributed by atoms with van der Waals surface area (Å²) in [5.41, 5.74) is 0. The second-order valence-corrected chi connectivity index (χ2v) is 2.98. The van der Waals surface area contributed by atoms with E-state index in [1.807, 2.05) is 26.0 Å². The Labute approximate surface area is 106 Å². The van der Waals surface area contributed by atoms with Crippen LogP contribution in [-0.2, 0) is 31.0 Å². The molecule has 0 unspecified atom stereocenters. The Morgan fingerprint density at radius 3 is 1.43 bits per heavy atom. The quantitative estimate of drug-likeness (QED) is 0.699. The minimum absolute atomic E-state index is 0. The molecular weight excluding hydrogens is 261 g/mol. The van der Waals surface area contributed by atoms with E-state index in [-0.39, 0.29) is 32.3 Å². The molecule has 0 spiro atoms. The predicted molar refractivity (Wildman–Crippen MR) is 54.8 cm³/mol. The number of hydrogen-bond acceptors (Lipinski definition) is 3. The van der Waals surface area contributed by atoms with Crippen molar-refractivity contribution in [3.05, 3.63) is 12.7 Å². The molecule has 14 heavy (non-hydrogen) atoms. The van der Waals surface area contributed by atoms with E-state index >= 15 is 0 Å². The molecule has 4 nitrogen and oxygen atoms in total. The van der Waals surface area contributed by atoms with Crippen LogP contribution in [0.3, 0.4) is 0 Å². The molecule has 0 heterocycles. The largest absolute Gasteiger partial charge is 0.478 e. The summed E-state index contributed by atoms with van der Waals surface area (Å²) >= 11 is 0. The smallest absolute Gasteiger partial charge is 0.327 e. The maximum Gasteiger partial charge on any atom is 0.327 e. The van der Waals surface area contributed by atoms with Gasteiger partial charge >= 0.3 is 5.97 Å². The zero-order valence-corrected chi connectivity index (χ0v) is 12.1. The molecule has 0 fully saturated rings. The van der Waals surface area contributed by atoms with E-state index in [4.69, 9.17) is 10.2 Å². The summed E-state index contributed by atoms with van der Waals surface area (Å²) in [6.45, 7) is 6.41. The van der Waals surface area contributed by atoms with E-state index in [0.29, 0.717) is 0 Å². The van der Waals surface area contributed by atoms with Crippen LogP contribution in [0.5, 0.6) is 0 Å². The molecule has 0 bridgehead atoms. The molecular formula is C9H21NO3Zr. The molecule has 0 aromatic carbocycles. The third-order valence-electron chi connectivity index (χ3n) is 0.175. The molecule has 0 atom stereocenters. The molecule has 0 rings (SSSR count). The molecule has 0 amide bonds. The Morgan fingerprint density at radius 2 is 1.43 bits per heavy atom. The molecule has 0 saturated heterocycles. The first-order valence-electron chi connectivity index (χ1n) is 3.88. The van der Waals surface area contributed by atoms with Gasteiger partial charge in [0, 0.05) is 38.4 Å². The van der Waals surface area contributed by atoms with Crippen molar-refractivity contribution in [2.45, 2.75) is 20.0 Å². The number of carboxylic acids is 1. The summed E-state index contributed by atoms with van der Waals surface area (Å²) in [5.74, 6) is -0.981. The van der Waals surface area contributed by atoms with Gasteiger partial charge in [0.2, 0.25) is 0 Å². The summed E-state index contributed by atoms with van der Waals surface area (Å²) in [5, 5.41) is 15.7. The Kier molecular flexibility index (Phi) is 31.7. The van der Waals surface area contributed by atoms with Gasteiger partial charge in [0.25, 0.3) is 0 Å². The fraction of sp³-hybridized carbons (Fsp3) is 0.667. The zero-order chi connectivity index (χ0) is 11.4. The van der Waals surface area contributed by atoms with Gasteiger partial charge in [-0.25, -0.2) is 4.79 Å². The first-order chi connectivity index (χ1) is 5.73. The molecule has 0 aromatic rings. The van der Waals surface area contributed by atoms with Gasteiger partial charge in [0.05, 0.1) is 0 Å². The number of aliphatic hydroxyl groups is 1. The van der Waals surface area contributed by atoms with E-state index in [0.717, 1.165) is 6.08 Å². The Morgan fingerprint density at radius 1 is 1.36 bits per heavy atom. The van der Waals surface area contributed by atoms with Crippen LogP contribution in [0, 0.1) is 0 Å². The van der Waals surface area contributed by atoms with Crippen molar-refractivity contribution in [2.75, 3.05) is 21.1 Å². The maximum absolute atomic E-state index is 9.25. The Bertz CT molecular complexity index is 116. The predicted octanol–water partition coefficient (Wildman–Crippen LogP) is 0.819. The van der Waals surface area contributed by atoms with Crippen LogP contribution in [0.15, 0.2) is 12.7 Å². The minimum atomic E-state index is -0.981. The summed E-state index contributed by atoms with van der Waals surface area (Å²) in [7, 11) is 6.00. The molecule has 0 aromatic heterocycles. The van der Waals surface area contributed by atoms with Crippen LogP contribution in [0.25, 0.3) is 0 Å². The van der Waals surface area contributed by atoms with Crippen LogP contribution >= 0.6 is 0 Å². The van der Waals surface area contributed by atoms with Crippen molar-refractivity contribution in [2.24, 2.45) is 0 Å². The number of rotatable bonds is 1. The molecule has 0 aliphatic carbocycles.